The van der Waals surface area contributed by atoms with Crippen LogP contribution in [-0.2, 0) is 5.54 Å². The van der Waals surface area contributed by atoms with Gasteiger partial charge in [0, 0.05) is 11.3 Å². The molecule has 0 radical (unpaired) electrons. The Labute approximate surface area is 143 Å². The minimum absolute atomic E-state index is 0. The van der Waals surface area contributed by atoms with Gasteiger partial charge in [0.15, 0.2) is 10.3 Å². The van der Waals surface area contributed by atoms with Gasteiger partial charge < -0.3 is 29.3 Å². The van der Waals surface area contributed by atoms with Crippen LogP contribution in [0.25, 0.3) is 11.1 Å². The normalized spacial score (nSPS) is 14.9. The molecule has 0 amide bonds. The molecule has 19 heavy (non-hydrogen) atoms. The number of rotatable bonds is 1. The van der Waals surface area contributed by atoms with Gasteiger partial charge in [0.05, 0.1) is 11.1 Å². The Morgan fingerprint density at radius 3 is 2.74 bits per heavy atom. The quantitative estimate of drug-likeness (QED) is 0.329. The second-order valence-corrected chi connectivity index (χ2v) is 8.39. The van der Waals surface area contributed by atoms with Crippen LogP contribution < -0.4 is 29.3 Å². The van der Waals surface area contributed by atoms with Gasteiger partial charge in [0.1, 0.15) is 4.88 Å². The first kappa shape index (κ1) is 15.5. The van der Waals surface area contributed by atoms with Crippen LogP contribution in [0.4, 0.5) is 5.69 Å². The summed E-state index contributed by atoms with van der Waals surface area (Å²) < 4.78 is 1.44. The van der Waals surface area contributed by atoms with Crippen molar-refractivity contribution in [1.82, 2.24) is 0 Å². The van der Waals surface area contributed by atoms with E-state index in [0.29, 0.717) is 0 Å². The number of thioether (sulfide) groups is 1. The Balaban J connectivity index is 0.00000133. The molecule has 0 saturated heterocycles. The lowest BCUT2D eigenvalue weighted by Gasteiger charge is -2.32. The van der Waals surface area contributed by atoms with Crippen molar-refractivity contribution in [2.24, 2.45) is 0 Å². The molecule has 5 heteroatoms. The summed E-state index contributed by atoms with van der Waals surface area (Å²) in [5, 5.41) is 3.66. The highest BCUT2D eigenvalue weighted by molar-refractivity contribution is 8.02. The van der Waals surface area contributed by atoms with Crippen LogP contribution in [0.2, 0.25) is 0 Å². The van der Waals surface area contributed by atoms with E-state index >= 15 is 0 Å². The summed E-state index contributed by atoms with van der Waals surface area (Å²) in [4.78, 5) is 1.47. The monoisotopic (exact) mass is 421 g/mol. The standard InChI is InChI=1S/C14H16NS3.HI/c1-8-5-6-10-9(7-8)11-12(14(2,3)15-10)17-18-13(11)16-4;/h5-7,15H,1-4H3;1H/q+1;/p-1. The van der Waals surface area contributed by atoms with Gasteiger partial charge in [-0.1, -0.05) is 23.4 Å². The van der Waals surface area contributed by atoms with Crippen LogP contribution in [-0.4, -0.2) is 6.26 Å². The molecule has 1 nitrogen and oxygen atoms in total. The average Bonchev–Trinajstić information content (AvgIpc) is 2.75. The second kappa shape index (κ2) is 5.50. The topological polar surface area (TPSA) is 12.0 Å². The fourth-order valence-corrected chi connectivity index (χ4v) is 6.76. The molecular formula is C14H16INS3. The molecule has 0 aliphatic carbocycles. The third-order valence-corrected chi connectivity index (χ3v) is 7.49. The van der Waals surface area contributed by atoms with E-state index in [-0.39, 0.29) is 29.5 Å². The Kier molecular flexibility index (Phi) is 4.50. The van der Waals surface area contributed by atoms with Crippen molar-refractivity contribution in [3.8, 4) is 11.1 Å². The molecule has 0 saturated carbocycles. The first-order valence-corrected chi connectivity index (χ1v) is 9.30. The summed E-state index contributed by atoms with van der Waals surface area (Å²) in [6.07, 6.45) is 2.17. The number of benzene rings is 1. The minimum Gasteiger partial charge on any atom is -1.00 e. The van der Waals surface area contributed by atoms with Crippen LogP contribution in [0.3, 0.4) is 0 Å². The zero-order valence-electron chi connectivity index (χ0n) is 11.3. The van der Waals surface area contributed by atoms with E-state index in [9.17, 15) is 0 Å². The van der Waals surface area contributed by atoms with E-state index < -0.39 is 0 Å². The molecule has 1 aromatic carbocycles. The smallest absolute Gasteiger partial charge is 0.308 e. The van der Waals surface area contributed by atoms with E-state index in [1.807, 2.05) is 32.4 Å². The van der Waals surface area contributed by atoms with Gasteiger partial charge in [-0.25, -0.2) is 0 Å². The number of hydrogen-bond acceptors (Lipinski definition) is 3. The van der Waals surface area contributed by atoms with Crippen LogP contribution in [0.5, 0.6) is 0 Å². The largest absolute Gasteiger partial charge is 1.00 e. The molecule has 3 rings (SSSR count). The first-order valence-electron chi connectivity index (χ1n) is 5.93. The lowest BCUT2D eigenvalue weighted by molar-refractivity contribution is -0.00000382. The Morgan fingerprint density at radius 2 is 2.05 bits per heavy atom. The van der Waals surface area contributed by atoms with Crippen molar-refractivity contribution in [3.05, 3.63) is 28.6 Å². The summed E-state index contributed by atoms with van der Waals surface area (Å²) in [7, 11) is 3.81. The van der Waals surface area contributed by atoms with Gasteiger partial charge >= 0.3 is 10.3 Å². The fraction of sp³-hybridized carbons (Fsp3) is 0.357. The Morgan fingerprint density at radius 1 is 1.32 bits per heavy atom. The van der Waals surface area contributed by atoms with E-state index in [1.165, 1.54) is 31.5 Å². The zero-order valence-corrected chi connectivity index (χ0v) is 15.9. The SMILES string of the molecule is CSc1[s+]sc2c1-c1cc(C)ccc1NC2(C)C.[I-]. The molecule has 0 unspecified atom stereocenters. The highest BCUT2D eigenvalue weighted by Crippen LogP contribution is 2.52. The summed E-state index contributed by atoms with van der Waals surface area (Å²) in [5.41, 5.74) is 5.45. The minimum atomic E-state index is 0. The lowest BCUT2D eigenvalue weighted by Crippen LogP contribution is -3.00. The maximum atomic E-state index is 3.66. The third kappa shape index (κ3) is 2.54. The van der Waals surface area contributed by atoms with Crippen molar-refractivity contribution in [1.29, 1.82) is 0 Å². The van der Waals surface area contributed by atoms with Crippen LogP contribution in [0, 0.1) is 6.92 Å². The molecule has 0 atom stereocenters. The number of aryl methyl sites for hydroxylation is 1. The summed E-state index contributed by atoms with van der Waals surface area (Å²) >= 11 is 1.86. The van der Waals surface area contributed by atoms with Crippen LogP contribution in [0.1, 0.15) is 24.3 Å². The molecule has 2 heterocycles. The fourth-order valence-electron chi connectivity index (χ4n) is 2.41. The van der Waals surface area contributed by atoms with Gasteiger partial charge in [-0.3, -0.25) is 0 Å². The van der Waals surface area contributed by atoms with Crippen molar-refractivity contribution < 1.29 is 24.0 Å². The van der Waals surface area contributed by atoms with Crippen molar-refractivity contribution in [3.63, 3.8) is 0 Å². The van der Waals surface area contributed by atoms with E-state index in [2.05, 4.69) is 50.5 Å². The van der Waals surface area contributed by atoms with E-state index in [1.54, 1.807) is 0 Å². The highest BCUT2D eigenvalue weighted by atomic mass is 127. The van der Waals surface area contributed by atoms with Gasteiger partial charge in [0.2, 0.25) is 0 Å². The van der Waals surface area contributed by atoms with E-state index in [4.69, 9.17) is 0 Å². The second-order valence-electron chi connectivity index (χ2n) is 5.16. The van der Waals surface area contributed by atoms with Gasteiger partial charge in [0.25, 0.3) is 4.21 Å². The number of nitrogens with one attached hydrogen (secondary N) is 1. The van der Waals surface area contributed by atoms with Gasteiger partial charge in [-0.15, -0.1) is 0 Å². The van der Waals surface area contributed by atoms with Gasteiger partial charge in [-0.2, -0.15) is 0 Å². The maximum Gasteiger partial charge on any atom is 0.308 e. The number of hydrogen-bond donors (Lipinski definition) is 1. The first-order chi connectivity index (χ1) is 8.53. The molecule has 0 spiro atoms. The molecule has 2 aromatic rings. The molecular weight excluding hydrogens is 405 g/mol. The molecule has 0 bridgehead atoms. The van der Waals surface area contributed by atoms with Crippen molar-refractivity contribution in [2.75, 3.05) is 11.6 Å². The number of fused-ring (bicyclic) bond motifs is 3. The number of halogens is 1. The molecule has 1 N–H and O–H groups in total. The third-order valence-electron chi connectivity index (χ3n) is 3.28. The lowest BCUT2D eigenvalue weighted by atomic mass is 9.89. The zero-order chi connectivity index (χ0) is 12.9. The Bertz CT molecular complexity index is 619. The van der Waals surface area contributed by atoms with Crippen molar-refractivity contribution in [2.45, 2.75) is 30.5 Å². The average molecular weight is 421 g/mol. The Hall–Kier alpha value is 0.150. The highest BCUT2D eigenvalue weighted by Gasteiger charge is 2.39. The molecule has 0 fully saturated rings. The summed E-state index contributed by atoms with van der Waals surface area (Å²) in [6, 6.07) is 6.69. The molecule has 102 valence electrons. The maximum absolute atomic E-state index is 3.66. The van der Waals surface area contributed by atoms with Gasteiger partial charge in [-0.05, 0) is 39.2 Å². The van der Waals surface area contributed by atoms with Crippen LogP contribution >= 0.6 is 32.4 Å². The van der Waals surface area contributed by atoms with E-state index in [0.717, 1.165) is 0 Å². The summed E-state index contributed by atoms with van der Waals surface area (Å²) in [6.45, 7) is 6.69. The molecule has 1 aliphatic rings. The predicted molar refractivity (Wildman–Crippen MR) is 85.2 cm³/mol. The molecule has 1 aromatic heterocycles. The number of anilines is 1. The molecule has 1 aliphatic heterocycles. The van der Waals surface area contributed by atoms with Crippen LogP contribution in [0.15, 0.2) is 22.4 Å². The van der Waals surface area contributed by atoms with Crippen molar-refractivity contribution >= 4 is 38.1 Å². The predicted octanol–water partition coefficient (Wildman–Crippen LogP) is 2.45. The summed E-state index contributed by atoms with van der Waals surface area (Å²) in [5.74, 6) is 0.